The predicted molar refractivity (Wildman–Crippen MR) is 135 cm³/mol. The topological polar surface area (TPSA) is 74.6 Å². The fraction of sp³-hybridized carbons (Fsp3) is 0.724. The smallest absolute Gasteiger partial charge is 0.303 e. The van der Waals surface area contributed by atoms with Crippen LogP contribution in [0, 0.1) is 5.92 Å². The molecule has 0 amide bonds. The van der Waals surface area contributed by atoms with Crippen molar-refractivity contribution < 1.29 is 19.8 Å². The summed E-state index contributed by atoms with van der Waals surface area (Å²) in [6.07, 6.45) is 20.9. The maximum Gasteiger partial charge on any atom is 0.303 e. The molecule has 0 aliphatic heterocycles. The molecule has 0 bridgehead atoms. The monoisotopic (exact) mass is 458 g/mol. The zero-order valence-corrected chi connectivity index (χ0v) is 20.6. The van der Waals surface area contributed by atoms with Crippen molar-refractivity contribution >= 4 is 11.9 Å². The van der Waals surface area contributed by atoms with Crippen LogP contribution in [0.25, 0.3) is 0 Å². The Morgan fingerprint density at radius 3 is 1.97 bits per heavy atom. The van der Waals surface area contributed by atoms with Gasteiger partial charge >= 0.3 is 11.9 Å². The minimum Gasteiger partial charge on any atom is -0.481 e. The summed E-state index contributed by atoms with van der Waals surface area (Å²) in [5.41, 5.74) is 2.67. The molecule has 1 fully saturated rings. The van der Waals surface area contributed by atoms with Gasteiger partial charge in [-0.15, -0.1) is 0 Å². The van der Waals surface area contributed by atoms with Gasteiger partial charge in [0.25, 0.3) is 0 Å². The van der Waals surface area contributed by atoms with E-state index >= 15 is 0 Å². The number of aliphatic carboxylic acids is 2. The molecule has 0 atom stereocenters. The van der Waals surface area contributed by atoms with Gasteiger partial charge in [-0.3, -0.25) is 9.59 Å². The van der Waals surface area contributed by atoms with E-state index in [1.165, 1.54) is 88.2 Å². The normalized spacial score (nSPS) is 14.6. The highest BCUT2D eigenvalue weighted by atomic mass is 16.4. The molecule has 2 rings (SSSR count). The lowest BCUT2D eigenvalue weighted by Crippen LogP contribution is -2.06. The quantitative estimate of drug-likeness (QED) is 0.218. The number of aryl methyl sites for hydroxylation is 1. The van der Waals surface area contributed by atoms with Crippen molar-refractivity contribution in [2.24, 2.45) is 5.92 Å². The third-order valence-corrected chi connectivity index (χ3v) is 7.41. The molecule has 4 heteroatoms. The molecule has 4 nitrogen and oxygen atoms in total. The third-order valence-electron chi connectivity index (χ3n) is 7.41. The molecule has 1 aliphatic rings. The fourth-order valence-corrected chi connectivity index (χ4v) is 5.55. The van der Waals surface area contributed by atoms with Gasteiger partial charge < -0.3 is 10.2 Å². The van der Waals surface area contributed by atoms with Crippen LogP contribution in [0.15, 0.2) is 24.3 Å². The van der Waals surface area contributed by atoms with Crippen molar-refractivity contribution in [1.29, 1.82) is 0 Å². The number of carbonyl (C=O) groups is 2. The van der Waals surface area contributed by atoms with Crippen molar-refractivity contribution in [2.75, 3.05) is 0 Å². The first kappa shape index (κ1) is 27.4. The van der Waals surface area contributed by atoms with Gasteiger partial charge in [-0.2, -0.15) is 0 Å². The summed E-state index contributed by atoms with van der Waals surface area (Å²) < 4.78 is 0. The Labute approximate surface area is 201 Å². The second-order valence-electron chi connectivity index (χ2n) is 10.1. The molecule has 0 spiro atoms. The minimum absolute atomic E-state index is 0.179. The molecule has 2 N–H and O–H groups in total. The second kappa shape index (κ2) is 16.7. The Balaban J connectivity index is 1.73. The van der Waals surface area contributed by atoms with Gasteiger partial charge in [-0.05, 0) is 61.5 Å². The Hall–Kier alpha value is -1.84. The van der Waals surface area contributed by atoms with E-state index in [2.05, 4.69) is 24.3 Å². The fourth-order valence-electron chi connectivity index (χ4n) is 5.55. The van der Waals surface area contributed by atoms with Gasteiger partial charge in [0.2, 0.25) is 0 Å². The van der Waals surface area contributed by atoms with E-state index in [1.54, 1.807) is 0 Å². The van der Waals surface area contributed by atoms with Crippen LogP contribution < -0.4 is 0 Å². The molecule has 186 valence electrons. The van der Waals surface area contributed by atoms with E-state index in [4.69, 9.17) is 10.2 Å². The summed E-state index contributed by atoms with van der Waals surface area (Å²) in [5.74, 6) is -0.258. The molecule has 1 aromatic rings. The third kappa shape index (κ3) is 12.3. The van der Waals surface area contributed by atoms with Crippen molar-refractivity contribution in [3.05, 3.63) is 35.4 Å². The lowest BCUT2D eigenvalue weighted by Gasteiger charge is -2.21. The van der Waals surface area contributed by atoms with Crippen LogP contribution >= 0.6 is 0 Å². The lowest BCUT2D eigenvalue weighted by molar-refractivity contribution is -0.138. The molecule has 33 heavy (non-hydrogen) atoms. The van der Waals surface area contributed by atoms with E-state index < -0.39 is 11.9 Å². The number of hydrogen-bond donors (Lipinski definition) is 2. The number of carboxylic acid groups (broad SMARTS) is 2. The van der Waals surface area contributed by atoms with E-state index in [1.807, 2.05) is 0 Å². The van der Waals surface area contributed by atoms with Crippen molar-refractivity contribution in [1.82, 2.24) is 0 Å². The Morgan fingerprint density at radius 1 is 0.758 bits per heavy atom. The molecule has 0 heterocycles. The van der Waals surface area contributed by atoms with Crippen LogP contribution in [0.2, 0.25) is 0 Å². The van der Waals surface area contributed by atoms with Gasteiger partial charge in [-0.25, -0.2) is 0 Å². The molecule has 1 saturated carbocycles. The molecule has 1 aliphatic carbocycles. The number of rotatable bonds is 18. The van der Waals surface area contributed by atoms with Crippen LogP contribution in [-0.4, -0.2) is 22.2 Å². The van der Waals surface area contributed by atoms with Crippen molar-refractivity contribution in [3.8, 4) is 0 Å². The predicted octanol–water partition coefficient (Wildman–Crippen LogP) is 8.13. The summed E-state index contributed by atoms with van der Waals surface area (Å²) in [6, 6.07) is 8.54. The van der Waals surface area contributed by atoms with Crippen LogP contribution in [0.4, 0.5) is 0 Å². The summed E-state index contributed by atoms with van der Waals surface area (Å²) in [4.78, 5) is 21.9. The first-order chi connectivity index (χ1) is 16.1. The maximum atomic E-state index is 11.0. The summed E-state index contributed by atoms with van der Waals surface area (Å²) >= 11 is 0. The highest BCUT2D eigenvalue weighted by molar-refractivity contribution is 5.66. The second-order valence-corrected chi connectivity index (χ2v) is 10.1. The molecule has 0 unspecified atom stereocenters. The SMILES string of the molecule is O=C(O)CCCC(CCCC(=O)O)c1ccccc1CCCCCCCCC1CCCCC1. The zero-order chi connectivity index (χ0) is 23.7. The number of carboxylic acids is 2. The van der Waals surface area contributed by atoms with Gasteiger partial charge in [-0.1, -0.05) is 94.9 Å². The Bertz CT molecular complexity index is 658. The van der Waals surface area contributed by atoms with E-state index in [9.17, 15) is 9.59 Å². The van der Waals surface area contributed by atoms with Crippen LogP contribution in [-0.2, 0) is 16.0 Å². The minimum atomic E-state index is -0.758. The van der Waals surface area contributed by atoms with Gasteiger partial charge in [0.15, 0.2) is 0 Å². The average Bonchev–Trinajstić information content (AvgIpc) is 2.80. The Morgan fingerprint density at radius 2 is 1.33 bits per heavy atom. The standard InChI is InChI=1S/C29H46O4/c30-28(31)22-12-19-26(20-13-23-29(32)33)27-21-11-10-18-25(27)17-9-4-2-1-3-6-14-24-15-7-5-8-16-24/h10-11,18,21,24,26H,1-9,12-17,19-20,22-23H2,(H,30,31)(H,32,33). The van der Waals surface area contributed by atoms with Crippen molar-refractivity contribution in [3.63, 3.8) is 0 Å². The molecule has 0 aromatic heterocycles. The van der Waals surface area contributed by atoms with Crippen LogP contribution in [0.1, 0.15) is 133 Å². The van der Waals surface area contributed by atoms with Crippen LogP contribution in [0.3, 0.4) is 0 Å². The van der Waals surface area contributed by atoms with E-state index in [-0.39, 0.29) is 18.8 Å². The summed E-state index contributed by atoms with van der Waals surface area (Å²) in [7, 11) is 0. The van der Waals surface area contributed by atoms with Gasteiger partial charge in [0.05, 0.1) is 0 Å². The largest absolute Gasteiger partial charge is 0.481 e. The first-order valence-electron chi connectivity index (χ1n) is 13.6. The lowest BCUT2D eigenvalue weighted by atomic mass is 9.84. The molecule has 0 saturated heterocycles. The van der Waals surface area contributed by atoms with Gasteiger partial charge in [0.1, 0.15) is 0 Å². The maximum absolute atomic E-state index is 11.0. The first-order valence-corrected chi connectivity index (χ1v) is 13.6. The number of hydrogen-bond acceptors (Lipinski definition) is 2. The molecular formula is C29H46O4. The highest BCUT2D eigenvalue weighted by Gasteiger charge is 2.16. The average molecular weight is 459 g/mol. The molecule has 0 radical (unpaired) electrons. The molecular weight excluding hydrogens is 412 g/mol. The highest BCUT2D eigenvalue weighted by Crippen LogP contribution is 2.31. The number of benzene rings is 1. The van der Waals surface area contributed by atoms with Crippen LogP contribution in [0.5, 0.6) is 0 Å². The number of unbranched alkanes of at least 4 members (excludes halogenated alkanes) is 5. The molecule has 1 aromatic carbocycles. The Kier molecular flexibility index (Phi) is 13.9. The van der Waals surface area contributed by atoms with E-state index in [0.29, 0.717) is 12.8 Å². The zero-order valence-electron chi connectivity index (χ0n) is 20.6. The van der Waals surface area contributed by atoms with Gasteiger partial charge in [0, 0.05) is 12.8 Å². The summed E-state index contributed by atoms with van der Waals surface area (Å²) in [5, 5.41) is 18.0. The summed E-state index contributed by atoms with van der Waals surface area (Å²) in [6.45, 7) is 0. The van der Waals surface area contributed by atoms with E-state index in [0.717, 1.165) is 25.2 Å². The van der Waals surface area contributed by atoms with Crippen molar-refractivity contribution in [2.45, 2.75) is 128 Å².